The lowest BCUT2D eigenvalue weighted by Crippen LogP contribution is -2.51. The zero-order valence-electron chi connectivity index (χ0n) is 22.8. The maximum Gasteiger partial charge on any atom is 0.261 e. The second-order valence-electron chi connectivity index (χ2n) is 10.4. The van der Waals surface area contributed by atoms with Crippen molar-refractivity contribution < 1.29 is 19.2 Å². The van der Waals surface area contributed by atoms with Gasteiger partial charge in [-0.1, -0.05) is 86.1 Å². The van der Waals surface area contributed by atoms with Gasteiger partial charge < -0.3 is 10.2 Å². The summed E-state index contributed by atoms with van der Waals surface area (Å²) < 4.78 is 0. The highest BCUT2D eigenvalue weighted by Crippen LogP contribution is 2.24. The third-order valence-corrected chi connectivity index (χ3v) is 7.27. The summed E-state index contributed by atoms with van der Waals surface area (Å²) in [7, 11) is 0. The summed E-state index contributed by atoms with van der Waals surface area (Å²) in [5.74, 6) is -0.948. The number of rotatable bonds is 12. The first kappa shape index (κ1) is 29.0. The van der Waals surface area contributed by atoms with Crippen molar-refractivity contribution in [2.24, 2.45) is 5.92 Å². The van der Waals surface area contributed by atoms with E-state index in [2.05, 4.69) is 5.32 Å². The number of hydrogen-bond acceptors (Lipinski definition) is 4. The Kier molecular flexibility index (Phi) is 9.72. The molecule has 8 heteroatoms. The normalized spacial score (nSPS) is 13.3. The van der Waals surface area contributed by atoms with Gasteiger partial charge in [-0.25, -0.2) is 0 Å². The zero-order chi connectivity index (χ0) is 28.6. The quantitative estimate of drug-likeness (QED) is 0.312. The number of nitrogens with zero attached hydrogens (tertiary/aromatic N) is 2. The van der Waals surface area contributed by atoms with Crippen LogP contribution in [0, 0.1) is 5.92 Å². The summed E-state index contributed by atoms with van der Waals surface area (Å²) in [6.07, 6.45) is 0.662. The Morgan fingerprint density at radius 2 is 1.48 bits per heavy atom. The molecule has 0 saturated heterocycles. The van der Waals surface area contributed by atoms with Crippen LogP contribution in [0.3, 0.4) is 0 Å². The van der Waals surface area contributed by atoms with Gasteiger partial charge in [0.15, 0.2) is 0 Å². The molecular formula is C32H34ClN3O4. The summed E-state index contributed by atoms with van der Waals surface area (Å²) in [5.41, 5.74) is 2.41. The molecule has 4 rings (SSSR count). The summed E-state index contributed by atoms with van der Waals surface area (Å²) in [5, 5.41) is 3.50. The average molecular weight is 560 g/mol. The third kappa shape index (κ3) is 6.96. The molecule has 0 spiro atoms. The largest absolute Gasteiger partial charge is 0.354 e. The Labute approximate surface area is 240 Å². The molecule has 3 aromatic rings. The molecular weight excluding hydrogens is 526 g/mol. The van der Waals surface area contributed by atoms with E-state index in [0.29, 0.717) is 29.1 Å². The lowest BCUT2D eigenvalue weighted by atomic mass is 10.0. The van der Waals surface area contributed by atoms with E-state index in [4.69, 9.17) is 11.6 Å². The molecule has 7 nitrogen and oxygen atoms in total. The van der Waals surface area contributed by atoms with E-state index in [0.717, 1.165) is 11.1 Å². The molecule has 0 aliphatic carbocycles. The Bertz CT molecular complexity index is 1340. The lowest BCUT2D eigenvalue weighted by molar-refractivity contribution is -0.141. The van der Waals surface area contributed by atoms with Gasteiger partial charge in [-0.15, -0.1) is 0 Å². The van der Waals surface area contributed by atoms with Crippen molar-refractivity contribution in [1.82, 2.24) is 15.1 Å². The van der Waals surface area contributed by atoms with Gasteiger partial charge in [0.25, 0.3) is 11.8 Å². The smallest absolute Gasteiger partial charge is 0.261 e. The predicted molar refractivity (Wildman–Crippen MR) is 155 cm³/mol. The molecule has 0 bridgehead atoms. The van der Waals surface area contributed by atoms with Gasteiger partial charge in [0.1, 0.15) is 6.04 Å². The van der Waals surface area contributed by atoms with Crippen LogP contribution in [0.15, 0.2) is 78.9 Å². The summed E-state index contributed by atoms with van der Waals surface area (Å²) >= 11 is 6.47. The van der Waals surface area contributed by atoms with E-state index in [1.165, 1.54) is 4.90 Å². The van der Waals surface area contributed by atoms with Crippen molar-refractivity contribution in [3.63, 3.8) is 0 Å². The first-order chi connectivity index (χ1) is 19.3. The van der Waals surface area contributed by atoms with Crippen molar-refractivity contribution in [2.75, 3.05) is 13.1 Å². The molecule has 1 atom stereocenters. The van der Waals surface area contributed by atoms with Gasteiger partial charge in [0, 0.05) is 37.5 Å². The molecule has 1 N–H and O–H groups in total. The molecule has 208 valence electrons. The summed E-state index contributed by atoms with van der Waals surface area (Å²) in [4.78, 5) is 55.6. The minimum absolute atomic E-state index is 0.0562. The SMILES string of the molecule is CC(C)CNC(=O)[C@@H](Cc1ccccc1)N(Cc1ccccc1Cl)C(=O)CCCN1C(=O)c2ccccc2C1=O. The number of carbonyl (C=O) groups excluding carboxylic acids is 4. The van der Waals surface area contributed by atoms with E-state index in [1.54, 1.807) is 35.2 Å². The molecule has 1 aliphatic heterocycles. The van der Waals surface area contributed by atoms with Gasteiger partial charge in [0.2, 0.25) is 11.8 Å². The highest BCUT2D eigenvalue weighted by Gasteiger charge is 2.35. The van der Waals surface area contributed by atoms with Crippen molar-refractivity contribution in [2.45, 2.75) is 45.7 Å². The number of hydrogen-bond donors (Lipinski definition) is 1. The molecule has 0 fully saturated rings. The third-order valence-electron chi connectivity index (χ3n) is 6.90. The van der Waals surface area contributed by atoms with Crippen LogP contribution >= 0.6 is 11.6 Å². The van der Waals surface area contributed by atoms with Crippen LogP contribution < -0.4 is 5.32 Å². The number of fused-ring (bicyclic) bond motifs is 1. The summed E-state index contributed by atoms with van der Waals surface area (Å²) in [6.45, 7) is 4.77. The van der Waals surface area contributed by atoms with Crippen molar-refractivity contribution in [3.05, 3.63) is 106 Å². The Balaban J connectivity index is 1.55. The first-order valence-electron chi connectivity index (χ1n) is 13.6. The van der Waals surface area contributed by atoms with Crippen LogP contribution in [-0.4, -0.2) is 52.6 Å². The maximum absolute atomic E-state index is 13.8. The maximum atomic E-state index is 13.8. The van der Waals surface area contributed by atoms with Gasteiger partial charge in [0.05, 0.1) is 11.1 Å². The fraction of sp³-hybridized carbons (Fsp3) is 0.312. The number of halogens is 1. The van der Waals surface area contributed by atoms with Crippen LogP contribution in [0.5, 0.6) is 0 Å². The molecule has 1 heterocycles. The van der Waals surface area contributed by atoms with Crippen LogP contribution in [0.2, 0.25) is 5.02 Å². The van der Waals surface area contributed by atoms with Crippen LogP contribution in [0.4, 0.5) is 0 Å². The molecule has 0 saturated carbocycles. The molecule has 1 aliphatic rings. The Morgan fingerprint density at radius 3 is 2.10 bits per heavy atom. The van der Waals surface area contributed by atoms with Crippen LogP contribution in [-0.2, 0) is 22.6 Å². The van der Waals surface area contributed by atoms with E-state index in [1.807, 2.05) is 62.4 Å². The van der Waals surface area contributed by atoms with Crippen LogP contribution in [0.25, 0.3) is 0 Å². The van der Waals surface area contributed by atoms with Gasteiger partial charge in [-0.05, 0) is 41.7 Å². The highest BCUT2D eigenvalue weighted by atomic mass is 35.5. The van der Waals surface area contributed by atoms with Crippen molar-refractivity contribution in [3.8, 4) is 0 Å². The fourth-order valence-corrected chi connectivity index (χ4v) is 4.96. The van der Waals surface area contributed by atoms with E-state index in [9.17, 15) is 19.2 Å². The second kappa shape index (κ2) is 13.4. The van der Waals surface area contributed by atoms with Gasteiger partial charge in [-0.3, -0.25) is 24.1 Å². The number of nitrogens with one attached hydrogen (secondary N) is 1. The number of carbonyl (C=O) groups is 4. The first-order valence-corrected chi connectivity index (χ1v) is 13.9. The molecule has 40 heavy (non-hydrogen) atoms. The molecule has 0 aromatic heterocycles. The minimum atomic E-state index is -0.774. The van der Waals surface area contributed by atoms with E-state index < -0.39 is 6.04 Å². The van der Waals surface area contributed by atoms with Crippen LogP contribution in [0.1, 0.15) is 58.5 Å². The monoisotopic (exact) mass is 559 g/mol. The second-order valence-corrected chi connectivity index (χ2v) is 10.8. The Morgan fingerprint density at radius 1 is 0.875 bits per heavy atom. The lowest BCUT2D eigenvalue weighted by Gasteiger charge is -2.32. The van der Waals surface area contributed by atoms with Gasteiger partial charge >= 0.3 is 0 Å². The molecule has 3 aromatic carbocycles. The summed E-state index contributed by atoms with van der Waals surface area (Å²) in [6, 6.07) is 22.8. The van der Waals surface area contributed by atoms with E-state index >= 15 is 0 Å². The number of benzene rings is 3. The highest BCUT2D eigenvalue weighted by molar-refractivity contribution is 6.31. The predicted octanol–water partition coefficient (Wildman–Crippen LogP) is 5.13. The Hall–Kier alpha value is -3.97. The minimum Gasteiger partial charge on any atom is -0.354 e. The zero-order valence-corrected chi connectivity index (χ0v) is 23.6. The van der Waals surface area contributed by atoms with E-state index in [-0.39, 0.29) is 55.5 Å². The molecule has 0 radical (unpaired) electrons. The van der Waals surface area contributed by atoms with Crippen molar-refractivity contribution in [1.29, 1.82) is 0 Å². The van der Waals surface area contributed by atoms with Crippen molar-refractivity contribution >= 4 is 35.2 Å². The average Bonchev–Trinajstić information content (AvgIpc) is 3.20. The topological polar surface area (TPSA) is 86.8 Å². The molecule has 4 amide bonds. The molecule has 0 unspecified atom stereocenters. The number of amides is 4. The standard InChI is InChI=1S/C32H34ClN3O4/c1-22(2)20-34-30(38)28(19-23-11-4-3-5-12-23)36(21-24-13-6-9-16-27(24)33)29(37)17-10-18-35-31(39)25-14-7-8-15-26(25)32(35)40/h3-9,11-16,22,28H,10,17-21H2,1-2H3,(H,34,38)/t28-/m1/s1. The van der Waals surface area contributed by atoms with Gasteiger partial charge in [-0.2, -0.15) is 0 Å². The fourth-order valence-electron chi connectivity index (χ4n) is 4.76. The number of imide groups is 1.